The number of hydrogen-bond donors (Lipinski definition) is 2. The first-order chi connectivity index (χ1) is 9.92. The van der Waals surface area contributed by atoms with Gasteiger partial charge >= 0.3 is 0 Å². The summed E-state index contributed by atoms with van der Waals surface area (Å²) in [6.45, 7) is 1.85. The molecule has 0 unspecified atom stereocenters. The molecule has 0 radical (unpaired) electrons. The van der Waals surface area contributed by atoms with Crippen LogP contribution in [-0.4, -0.2) is 53.7 Å². The van der Waals surface area contributed by atoms with Gasteiger partial charge in [0.1, 0.15) is 5.82 Å². The highest BCUT2D eigenvalue weighted by Crippen LogP contribution is 2.18. The molecule has 6 nitrogen and oxygen atoms in total. The predicted molar refractivity (Wildman–Crippen MR) is 78.9 cm³/mol. The van der Waals surface area contributed by atoms with Gasteiger partial charge in [-0.2, -0.15) is 0 Å². The van der Waals surface area contributed by atoms with E-state index in [1.165, 1.54) is 18.2 Å². The van der Waals surface area contributed by atoms with Gasteiger partial charge in [-0.1, -0.05) is 6.07 Å². The van der Waals surface area contributed by atoms with Crippen molar-refractivity contribution in [2.45, 2.75) is 11.4 Å². The van der Waals surface area contributed by atoms with Crippen LogP contribution >= 0.6 is 0 Å². The van der Waals surface area contributed by atoms with Gasteiger partial charge in [-0.15, -0.1) is 0 Å². The van der Waals surface area contributed by atoms with Crippen LogP contribution in [0.1, 0.15) is 5.56 Å². The van der Waals surface area contributed by atoms with Crippen LogP contribution in [-0.2, 0) is 21.3 Å². The Morgan fingerprint density at radius 3 is 2.71 bits per heavy atom. The largest absolute Gasteiger partial charge is 0.383 e. The molecule has 0 atom stereocenters. The van der Waals surface area contributed by atoms with Crippen LogP contribution in [0.25, 0.3) is 0 Å². The Balaban J connectivity index is 2.68. The number of rotatable bonds is 9. The third-order valence-corrected chi connectivity index (χ3v) is 4.58. The molecule has 0 aliphatic rings. The van der Waals surface area contributed by atoms with E-state index in [9.17, 15) is 12.8 Å². The van der Waals surface area contributed by atoms with Gasteiger partial charge < -0.3 is 15.4 Å². The monoisotopic (exact) mass is 319 g/mol. The van der Waals surface area contributed by atoms with E-state index in [-0.39, 0.29) is 23.5 Å². The molecule has 1 rings (SSSR count). The Hall–Kier alpha value is -1.06. The van der Waals surface area contributed by atoms with E-state index < -0.39 is 15.8 Å². The number of sulfonamides is 1. The second-order valence-corrected chi connectivity index (χ2v) is 6.35. The van der Waals surface area contributed by atoms with Crippen molar-refractivity contribution in [3.8, 4) is 0 Å². The zero-order valence-electron chi connectivity index (χ0n) is 12.3. The molecule has 3 N–H and O–H groups in total. The number of halogens is 1. The molecule has 0 amide bonds. The maximum absolute atomic E-state index is 13.6. The van der Waals surface area contributed by atoms with Crippen molar-refractivity contribution in [1.82, 2.24) is 9.62 Å². The first kappa shape index (κ1) is 18.0. The van der Waals surface area contributed by atoms with Crippen molar-refractivity contribution < 1.29 is 17.5 Å². The molecule has 0 aliphatic heterocycles. The van der Waals surface area contributed by atoms with Gasteiger partial charge in [0, 0.05) is 38.9 Å². The Morgan fingerprint density at radius 2 is 2.10 bits per heavy atom. The highest BCUT2D eigenvalue weighted by atomic mass is 32.2. The van der Waals surface area contributed by atoms with E-state index in [1.54, 1.807) is 7.11 Å². The Labute approximate surface area is 125 Å². The van der Waals surface area contributed by atoms with Gasteiger partial charge in [-0.25, -0.2) is 17.5 Å². The summed E-state index contributed by atoms with van der Waals surface area (Å²) in [6, 6.07) is 3.90. The van der Waals surface area contributed by atoms with Crippen molar-refractivity contribution in [2.75, 3.05) is 40.4 Å². The minimum absolute atomic E-state index is 0.00209. The summed E-state index contributed by atoms with van der Waals surface area (Å²) >= 11 is 0. The number of hydrogen-bond acceptors (Lipinski definition) is 5. The number of likely N-dealkylation sites (N-methyl/N-ethyl adjacent to an activating group) is 1. The average Bonchev–Trinajstić information content (AvgIpc) is 2.44. The molecule has 0 saturated carbocycles. The zero-order valence-corrected chi connectivity index (χ0v) is 13.1. The zero-order chi connectivity index (χ0) is 15.9. The Morgan fingerprint density at radius 1 is 1.38 bits per heavy atom. The van der Waals surface area contributed by atoms with Crippen LogP contribution in [0.2, 0.25) is 0 Å². The minimum Gasteiger partial charge on any atom is -0.383 e. The molecule has 1 aromatic rings. The van der Waals surface area contributed by atoms with Crippen LogP contribution in [0, 0.1) is 5.82 Å². The maximum atomic E-state index is 13.6. The molecule has 0 spiro atoms. The Bertz CT molecular complexity index is 552. The molecule has 8 heteroatoms. The molecule has 21 heavy (non-hydrogen) atoms. The summed E-state index contributed by atoms with van der Waals surface area (Å²) in [5, 5.41) is 0. The third kappa shape index (κ3) is 5.33. The van der Waals surface area contributed by atoms with Crippen molar-refractivity contribution in [3.63, 3.8) is 0 Å². The van der Waals surface area contributed by atoms with Gasteiger partial charge in [0.05, 0.1) is 11.5 Å². The van der Waals surface area contributed by atoms with E-state index in [1.807, 2.05) is 11.9 Å². The van der Waals surface area contributed by atoms with E-state index in [0.717, 1.165) is 0 Å². The van der Waals surface area contributed by atoms with Crippen LogP contribution in [0.4, 0.5) is 4.39 Å². The van der Waals surface area contributed by atoms with Gasteiger partial charge in [-0.05, 0) is 19.2 Å². The minimum atomic E-state index is -3.77. The second kappa shape index (κ2) is 8.40. The fourth-order valence-electron chi connectivity index (χ4n) is 1.80. The summed E-state index contributed by atoms with van der Waals surface area (Å²) in [5.74, 6) is -0.613. The molecule has 0 fully saturated rings. The predicted octanol–water partition coefficient (Wildman–Crippen LogP) is 0.141. The standard InChI is InChI=1S/C13H22FN3O3S/c1-17(8-9-20-2)7-6-16-21(18,19)13-5-3-4-12(14)11(13)10-15/h3-5,16H,6-10,15H2,1-2H3. The summed E-state index contributed by atoms with van der Waals surface area (Å²) in [6.07, 6.45) is 0. The number of ether oxygens (including phenoxy) is 1. The first-order valence-electron chi connectivity index (χ1n) is 6.57. The lowest BCUT2D eigenvalue weighted by Gasteiger charge is -2.17. The number of nitrogens with two attached hydrogens (primary N) is 1. The molecule has 0 heterocycles. The number of benzene rings is 1. The smallest absolute Gasteiger partial charge is 0.241 e. The molecule has 0 bridgehead atoms. The Kier molecular flexibility index (Phi) is 7.20. The second-order valence-electron chi connectivity index (χ2n) is 4.61. The SMILES string of the molecule is COCCN(C)CCNS(=O)(=O)c1cccc(F)c1CN. The first-order valence-corrected chi connectivity index (χ1v) is 8.05. The van der Waals surface area contributed by atoms with Crippen molar-refractivity contribution in [1.29, 1.82) is 0 Å². The van der Waals surface area contributed by atoms with E-state index in [2.05, 4.69) is 4.72 Å². The molecular formula is C13H22FN3O3S. The van der Waals surface area contributed by atoms with Crippen LogP contribution in [0.3, 0.4) is 0 Å². The highest BCUT2D eigenvalue weighted by molar-refractivity contribution is 7.89. The number of nitrogens with zero attached hydrogens (tertiary/aromatic N) is 1. The summed E-state index contributed by atoms with van der Waals surface area (Å²) in [5.41, 5.74) is 5.42. The van der Waals surface area contributed by atoms with Crippen LogP contribution < -0.4 is 10.5 Å². The molecule has 1 aromatic carbocycles. The maximum Gasteiger partial charge on any atom is 0.241 e. The number of nitrogens with one attached hydrogen (secondary N) is 1. The lowest BCUT2D eigenvalue weighted by molar-refractivity contribution is 0.162. The summed E-state index contributed by atoms with van der Waals surface area (Å²) in [4.78, 5) is 1.83. The number of methoxy groups -OCH3 is 1. The van der Waals surface area contributed by atoms with Crippen LogP contribution in [0.15, 0.2) is 23.1 Å². The highest BCUT2D eigenvalue weighted by Gasteiger charge is 2.19. The van der Waals surface area contributed by atoms with Crippen LogP contribution in [0.5, 0.6) is 0 Å². The van der Waals surface area contributed by atoms with E-state index in [0.29, 0.717) is 19.7 Å². The van der Waals surface area contributed by atoms with Crippen molar-refractivity contribution >= 4 is 10.0 Å². The molecule has 0 aliphatic carbocycles. The van der Waals surface area contributed by atoms with Gasteiger partial charge in [0.15, 0.2) is 0 Å². The van der Waals surface area contributed by atoms with Crippen molar-refractivity contribution in [2.24, 2.45) is 5.73 Å². The summed E-state index contributed by atoms with van der Waals surface area (Å²) < 4.78 is 45.3. The third-order valence-electron chi connectivity index (χ3n) is 3.03. The van der Waals surface area contributed by atoms with Gasteiger partial charge in [-0.3, -0.25) is 0 Å². The van der Waals surface area contributed by atoms with Gasteiger partial charge in [0.25, 0.3) is 0 Å². The summed E-state index contributed by atoms with van der Waals surface area (Å²) in [7, 11) is -0.302. The van der Waals surface area contributed by atoms with Gasteiger partial charge in [0.2, 0.25) is 10.0 Å². The average molecular weight is 319 g/mol. The van der Waals surface area contributed by atoms with E-state index >= 15 is 0 Å². The van der Waals surface area contributed by atoms with E-state index in [4.69, 9.17) is 10.5 Å². The lowest BCUT2D eigenvalue weighted by Crippen LogP contribution is -2.34. The fraction of sp³-hybridized carbons (Fsp3) is 0.538. The fourth-order valence-corrected chi connectivity index (χ4v) is 3.07. The quantitative estimate of drug-likeness (QED) is 0.676. The lowest BCUT2D eigenvalue weighted by atomic mass is 10.2. The normalized spacial score (nSPS) is 12.0. The molecule has 0 aromatic heterocycles. The molecular weight excluding hydrogens is 297 g/mol. The molecule has 0 saturated heterocycles. The topological polar surface area (TPSA) is 84.7 Å². The molecule has 120 valence electrons. The van der Waals surface area contributed by atoms with Crippen molar-refractivity contribution in [3.05, 3.63) is 29.6 Å².